The highest BCUT2D eigenvalue weighted by molar-refractivity contribution is 9.25. The third-order valence-electron chi connectivity index (χ3n) is 2.17. The third-order valence-corrected chi connectivity index (χ3v) is 4.60. The molecule has 1 aromatic carbocycles. The molecule has 0 atom stereocenters. The second kappa shape index (κ2) is 3.32. The summed E-state index contributed by atoms with van der Waals surface area (Å²) in [6.07, 6.45) is 0. The van der Waals surface area contributed by atoms with E-state index in [2.05, 4.69) is 53.1 Å². The second-order valence-electron chi connectivity index (χ2n) is 3.18. The summed E-state index contributed by atoms with van der Waals surface area (Å²) in [4.78, 5) is 11.6. The fourth-order valence-corrected chi connectivity index (χ4v) is 2.57. The van der Waals surface area contributed by atoms with E-state index in [0.29, 0.717) is 0 Å². The van der Waals surface area contributed by atoms with Gasteiger partial charge in [0.2, 0.25) is 0 Å². The zero-order valence-corrected chi connectivity index (χ0v) is 12.0. The van der Waals surface area contributed by atoms with Crippen molar-refractivity contribution in [1.29, 1.82) is 0 Å². The number of amides is 1. The lowest BCUT2D eigenvalue weighted by Gasteiger charge is -2.11. The summed E-state index contributed by atoms with van der Waals surface area (Å²) >= 11 is 10.1. The first-order valence-corrected chi connectivity index (χ1v) is 6.30. The summed E-state index contributed by atoms with van der Waals surface area (Å²) in [7, 11) is 0. The molecule has 0 aliphatic carbocycles. The number of alkyl halides is 2. The molecule has 2 nitrogen and oxygen atoms in total. The standard InChI is InChI=1S/C9H6Br3NO/c1-4-2-5-7(3-6(4)10)13-8(14)9(5,11)12/h2-3H,1H3,(H,13,14). The number of anilines is 1. The predicted octanol–water partition coefficient (Wildman–Crippen LogP) is 3.65. The van der Waals surface area contributed by atoms with Crippen molar-refractivity contribution >= 4 is 59.4 Å². The van der Waals surface area contributed by atoms with E-state index in [0.717, 1.165) is 21.3 Å². The number of hydrogen-bond acceptors (Lipinski definition) is 1. The number of fused-ring (bicyclic) bond motifs is 1. The van der Waals surface area contributed by atoms with E-state index < -0.39 is 3.23 Å². The van der Waals surface area contributed by atoms with Crippen LogP contribution in [-0.2, 0) is 8.03 Å². The van der Waals surface area contributed by atoms with Gasteiger partial charge in [-0.05, 0) is 18.6 Å². The molecule has 1 aliphatic heterocycles. The topological polar surface area (TPSA) is 29.1 Å². The Bertz CT molecular complexity index is 428. The average Bonchev–Trinajstić information content (AvgIpc) is 2.28. The summed E-state index contributed by atoms with van der Waals surface area (Å²) in [5, 5.41) is 2.79. The summed E-state index contributed by atoms with van der Waals surface area (Å²) < 4.78 is 0.218. The minimum atomic E-state index is -0.777. The fourth-order valence-electron chi connectivity index (χ4n) is 1.37. The number of benzene rings is 1. The van der Waals surface area contributed by atoms with Gasteiger partial charge in [-0.25, -0.2) is 0 Å². The van der Waals surface area contributed by atoms with Gasteiger partial charge in [-0.15, -0.1) is 0 Å². The number of carbonyl (C=O) groups is 1. The molecule has 1 heterocycles. The van der Waals surface area contributed by atoms with E-state index in [-0.39, 0.29) is 5.91 Å². The highest BCUT2D eigenvalue weighted by Crippen LogP contribution is 2.48. The van der Waals surface area contributed by atoms with Gasteiger partial charge in [0.05, 0.1) is 0 Å². The van der Waals surface area contributed by atoms with E-state index in [9.17, 15) is 4.79 Å². The minimum absolute atomic E-state index is 0.0926. The van der Waals surface area contributed by atoms with Crippen molar-refractivity contribution in [3.05, 3.63) is 27.7 Å². The molecule has 74 valence electrons. The second-order valence-corrected chi connectivity index (χ2v) is 7.47. The van der Waals surface area contributed by atoms with Crippen LogP contribution in [0, 0.1) is 6.92 Å². The summed E-state index contributed by atoms with van der Waals surface area (Å²) in [6, 6.07) is 3.88. The molecule has 14 heavy (non-hydrogen) atoms. The lowest BCUT2D eigenvalue weighted by atomic mass is 10.1. The minimum Gasteiger partial charge on any atom is -0.323 e. The molecule has 0 saturated heterocycles. The van der Waals surface area contributed by atoms with Gasteiger partial charge in [0.1, 0.15) is 0 Å². The molecule has 0 bridgehead atoms. The van der Waals surface area contributed by atoms with Crippen molar-refractivity contribution in [1.82, 2.24) is 0 Å². The largest absolute Gasteiger partial charge is 0.323 e. The van der Waals surface area contributed by atoms with E-state index in [4.69, 9.17) is 0 Å². The van der Waals surface area contributed by atoms with Gasteiger partial charge in [-0.2, -0.15) is 0 Å². The zero-order valence-electron chi connectivity index (χ0n) is 7.20. The van der Waals surface area contributed by atoms with Crippen molar-refractivity contribution in [3.63, 3.8) is 0 Å². The van der Waals surface area contributed by atoms with Crippen molar-refractivity contribution in [2.24, 2.45) is 0 Å². The Kier molecular flexibility index (Phi) is 2.52. The van der Waals surface area contributed by atoms with Crippen molar-refractivity contribution in [3.8, 4) is 0 Å². The Morgan fingerprint density at radius 1 is 1.36 bits per heavy atom. The van der Waals surface area contributed by atoms with Gasteiger partial charge < -0.3 is 5.32 Å². The highest BCUT2D eigenvalue weighted by atomic mass is 79.9. The van der Waals surface area contributed by atoms with E-state index in [1.54, 1.807) is 0 Å². The first-order valence-electron chi connectivity index (χ1n) is 3.93. The van der Waals surface area contributed by atoms with Crippen molar-refractivity contribution in [2.45, 2.75) is 10.2 Å². The quantitative estimate of drug-likeness (QED) is 0.681. The summed E-state index contributed by atoms with van der Waals surface area (Å²) in [6.45, 7) is 1.99. The number of nitrogens with one attached hydrogen (secondary N) is 1. The summed E-state index contributed by atoms with van der Waals surface area (Å²) in [5.41, 5.74) is 2.85. The highest BCUT2D eigenvalue weighted by Gasteiger charge is 2.42. The molecule has 0 spiro atoms. The summed E-state index contributed by atoms with van der Waals surface area (Å²) in [5.74, 6) is -0.0926. The molecule has 1 amide bonds. The molecule has 5 heteroatoms. The first-order chi connectivity index (χ1) is 6.43. The number of halogens is 3. The lowest BCUT2D eigenvalue weighted by molar-refractivity contribution is -0.115. The van der Waals surface area contributed by atoms with E-state index in [1.807, 2.05) is 19.1 Å². The molecule has 0 fully saturated rings. The lowest BCUT2D eigenvalue weighted by Crippen LogP contribution is -2.20. The van der Waals surface area contributed by atoms with E-state index in [1.165, 1.54) is 0 Å². The molecular formula is C9H6Br3NO. The van der Waals surface area contributed by atoms with Gasteiger partial charge in [-0.1, -0.05) is 53.9 Å². The third kappa shape index (κ3) is 1.46. The number of aryl methyl sites for hydroxylation is 1. The maximum absolute atomic E-state index is 11.6. The van der Waals surface area contributed by atoms with Gasteiger partial charge in [0.25, 0.3) is 5.91 Å². The van der Waals surface area contributed by atoms with Crippen LogP contribution in [0.4, 0.5) is 5.69 Å². The van der Waals surface area contributed by atoms with Crippen molar-refractivity contribution < 1.29 is 4.79 Å². The van der Waals surface area contributed by atoms with Crippen LogP contribution in [0.3, 0.4) is 0 Å². The molecule has 2 rings (SSSR count). The Balaban J connectivity index is 2.67. The molecule has 0 unspecified atom stereocenters. The molecular weight excluding hydrogens is 378 g/mol. The van der Waals surface area contributed by atoms with Crippen molar-refractivity contribution in [2.75, 3.05) is 5.32 Å². The van der Waals surface area contributed by atoms with Crippen LogP contribution in [0.5, 0.6) is 0 Å². The van der Waals surface area contributed by atoms with Gasteiger partial charge in [0, 0.05) is 15.7 Å². The molecule has 0 saturated carbocycles. The van der Waals surface area contributed by atoms with Crippen LogP contribution in [0.2, 0.25) is 0 Å². The molecule has 0 radical (unpaired) electrons. The van der Waals surface area contributed by atoms with Gasteiger partial charge in [-0.3, -0.25) is 4.79 Å². The van der Waals surface area contributed by atoms with E-state index >= 15 is 0 Å². The Morgan fingerprint density at radius 3 is 2.64 bits per heavy atom. The fraction of sp³-hybridized carbons (Fsp3) is 0.222. The monoisotopic (exact) mass is 381 g/mol. The van der Waals surface area contributed by atoms with Crippen LogP contribution in [0.15, 0.2) is 16.6 Å². The molecule has 1 aliphatic rings. The number of carbonyl (C=O) groups excluding carboxylic acids is 1. The van der Waals surface area contributed by atoms with Gasteiger partial charge in [0.15, 0.2) is 3.23 Å². The molecule has 0 aromatic heterocycles. The normalized spacial score (nSPS) is 17.9. The SMILES string of the molecule is Cc1cc2c(cc1Br)NC(=O)C2(Br)Br. The Labute approximate surface area is 107 Å². The maximum atomic E-state index is 11.6. The van der Waals surface area contributed by atoms with Crippen LogP contribution in [0.25, 0.3) is 0 Å². The van der Waals surface area contributed by atoms with Crippen LogP contribution < -0.4 is 5.32 Å². The smallest absolute Gasteiger partial charge is 0.256 e. The van der Waals surface area contributed by atoms with Crippen LogP contribution >= 0.6 is 47.8 Å². The van der Waals surface area contributed by atoms with Gasteiger partial charge >= 0.3 is 0 Å². The zero-order chi connectivity index (χ0) is 10.5. The van der Waals surface area contributed by atoms with Crippen LogP contribution in [0.1, 0.15) is 11.1 Å². The first kappa shape index (κ1) is 10.6. The predicted molar refractivity (Wildman–Crippen MR) is 67.0 cm³/mol. The Hall–Kier alpha value is 0.130. The molecule has 1 N–H and O–H groups in total. The van der Waals surface area contributed by atoms with Crippen LogP contribution in [-0.4, -0.2) is 5.91 Å². The number of rotatable bonds is 0. The maximum Gasteiger partial charge on any atom is 0.256 e. The Morgan fingerprint density at radius 2 is 2.00 bits per heavy atom. The molecule has 1 aromatic rings. The number of hydrogen-bond donors (Lipinski definition) is 1. The average molecular weight is 384 g/mol.